The zero-order chi connectivity index (χ0) is 19.7. The zero-order valence-electron chi connectivity index (χ0n) is 15.9. The van der Waals surface area contributed by atoms with E-state index in [4.69, 9.17) is 4.74 Å². The van der Waals surface area contributed by atoms with Crippen LogP contribution >= 0.6 is 11.8 Å². The van der Waals surface area contributed by atoms with Gasteiger partial charge in [-0.2, -0.15) is 11.8 Å². The summed E-state index contributed by atoms with van der Waals surface area (Å²) < 4.78 is 5.29. The van der Waals surface area contributed by atoms with E-state index in [0.717, 1.165) is 5.75 Å². The van der Waals surface area contributed by atoms with E-state index in [2.05, 4.69) is 10.6 Å². The molecule has 0 aliphatic rings. The fourth-order valence-electron chi connectivity index (χ4n) is 2.25. The number of hydrogen-bond donors (Lipinski definition) is 2. The first-order chi connectivity index (χ1) is 12.8. The van der Waals surface area contributed by atoms with Crippen LogP contribution in [0.4, 0.5) is 10.5 Å². The van der Waals surface area contributed by atoms with E-state index in [1.165, 1.54) is 5.56 Å². The summed E-state index contributed by atoms with van der Waals surface area (Å²) in [4.78, 5) is 24.8. The number of hydrogen-bond acceptors (Lipinski definition) is 4. The topological polar surface area (TPSA) is 67.4 Å². The van der Waals surface area contributed by atoms with Gasteiger partial charge in [-0.25, -0.2) is 4.79 Å². The van der Waals surface area contributed by atoms with Crippen LogP contribution < -0.4 is 10.6 Å². The maximum atomic E-state index is 12.7. The van der Waals surface area contributed by atoms with E-state index >= 15 is 0 Å². The minimum Gasteiger partial charge on any atom is -0.444 e. The number of alkyl carbamates (subject to hydrolysis) is 1. The molecular weight excluding hydrogens is 360 g/mol. The second-order valence-corrected chi connectivity index (χ2v) is 8.09. The van der Waals surface area contributed by atoms with E-state index in [9.17, 15) is 9.59 Å². The second-order valence-electron chi connectivity index (χ2n) is 7.05. The molecule has 27 heavy (non-hydrogen) atoms. The van der Waals surface area contributed by atoms with E-state index < -0.39 is 17.7 Å². The van der Waals surface area contributed by atoms with Gasteiger partial charge in [-0.15, -0.1) is 0 Å². The maximum absolute atomic E-state index is 12.7. The highest BCUT2D eigenvalue weighted by atomic mass is 32.2. The Kier molecular flexibility index (Phi) is 7.73. The molecule has 2 N–H and O–H groups in total. The van der Waals surface area contributed by atoms with Crippen LogP contribution in [0.3, 0.4) is 0 Å². The van der Waals surface area contributed by atoms with Crippen molar-refractivity contribution in [2.45, 2.75) is 38.2 Å². The molecule has 2 amide bonds. The SMILES string of the molecule is CC(C)(C)OC(=O)N[C@@H](CSCc1ccccc1)C(=O)Nc1ccccc1. The van der Waals surface area contributed by atoms with Crippen molar-refractivity contribution in [1.29, 1.82) is 0 Å². The molecule has 0 saturated heterocycles. The Morgan fingerprint density at radius 3 is 2.19 bits per heavy atom. The van der Waals surface area contributed by atoms with E-state index in [1.54, 1.807) is 44.7 Å². The lowest BCUT2D eigenvalue weighted by atomic mass is 10.2. The third-order valence-corrected chi connectivity index (χ3v) is 4.55. The Labute approximate surface area is 164 Å². The van der Waals surface area contributed by atoms with E-state index in [0.29, 0.717) is 11.4 Å². The average molecular weight is 387 g/mol. The Hall–Kier alpha value is -2.47. The van der Waals surface area contributed by atoms with Crippen LogP contribution in [0.5, 0.6) is 0 Å². The van der Waals surface area contributed by atoms with Gasteiger partial charge in [-0.3, -0.25) is 4.79 Å². The molecule has 2 rings (SSSR count). The number of anilines is 1. The molecule has 0 aliphatic heterocycles. The number of benzene rings is 2. The lowest BCUT2D eigenvalue weighted by Gasteiger charge is -2.23. The molecule has 0 fully saturated rings. The van der Waals surface area contributed by atoms with Gasteiger partial charge < -0.3 is 15.4 Å². The first-order valence-corrected chi connectivity index (χ1v) is 9.96. The molecule has 0 unspecified atom stereocenters. The summed E-state index contributed by atoms with van der Waals surface area (Å²) in [5, 5.41) is 5.52. The molecule has 0 heterocycles. The van der Waals surface area contributed by atoms with Crippen LogP contribution in [0, 0.1) is 0 Å². The Morgan fingerprint density at radius 2 is 1.59 bits per heavy atom. The first-order valence-electron chi connectivity index (χ1n) is 8.80. The number of nitrogens with one attached hydrogen (secondary N) is 2. The Balaban J connectivity index is 1.98. The average Bonchev–Trinajstić information content (AvgIpc) is 2.61. The van der Waals surface area contributed by atoms with Gasteiger partial charge in [0, 0.05) is 17.2 Å². The molecular formula is C21H26N2O3S. The van der Waals surface area contributed by atoms with Gasteiger partial charge in [0.25, 0.3) is 0 Å². The first kappa shape index (κ1) is 20.8. The molecule has 144 valence electrons. The van der Waals surface area contributed by atoms with Gasteiger partial charge in [-0.05, 0) is 38.5 Å². The standard InChI is InChI=1S/C21H26N2O3S/c1-21(2,3)26-20(25)23-18(15-27-14-16-10-6-4-7-11-16)19(24)22-17-12-8-5-9-13-17/h4-13,18H,14-15H2,1-3H3,(H,22,24)(H,23,25)/t18-/m0/s1. The summed E-state index contributed by atoms with van der Waals surface area (Å²) in [6.07, 6.45) is -0.601. The Bertz CT molecular complexity index is 730. The molecule has 0 spiro atoms. The van der Waals surface area contributed by atoms with Crippen molar-refractivity contribution in [2.24, 2.45) is 0 Å². The van der Waals surface area contributed by atoms with Crippen molar-refractivity contribution in [3.05, 3.63) is 66.2 Å². The monoisotopic (exact) mass is 386 g/mol. The van der Waals surface area contributed by atoms with Gasteiger partial charge in [-0.1, -0.05) is 48.5 Å². The number of ether oxygens (including phenoxy) is 1. The fourth-order valence-corrected chi connectivity index (χ4v) is 3.27. The summed E-state index contributed by atoms with van der Waals surface area (Å²) in [5.74, 6) is 0.922. The number of amides is 2. The summed E-state index contributed by atoms with van der Waals surface area (Å²) in [6.45, 7) is 5.36. The number of carbonyl (C=O) groups is 2. The molecule has 0 radical (unpaired) electrons. The predicted molar refractivity (Wildman–Crippen MR) is 111 cm³/mol. The van der Waals surface area contributed by atoms with Crippen molar-refractivity contribution in [3.8, 4) is 0 Å². The Morgan fingerprint density at radius 1 is 1.00 bits per heavy atom. The smallest absolute Gasteiger partial charge is 0.408 e. The molecule has 0 bridgehead atoms. The number of carbonyl (C=O) groups excluding carboxylic acids is 2. The van der Waals surface area contributed by atoms with Crippen molar-refractivity contribution < 1.29 is 14.3 Å². The van der Waals surface area contributed by atoms with Crippen molar-refractivity contribution in [3.63, 3.8) is 0 Å². The van der Waals surface area contributed by atoms with Gasteiger partial charge >= 0.3 is 6.09 Å². The normalized spacial score (nSPS) is 12.1. The van der Waals surface area contributed by atoms with Crippen LogP contribution in [-0.4, -0.2) is 29.4 Å². The molecule has 2 aromatic rings. The van der Waals surface area contributed by atoms with E-state index in [1.807, 2.05) is 48.5 Å². The van der Waals surface area contributed by atoms with E-state index in [-0.39, 0.29) is 5.91 Å². The lowest BCUT2D eigenvalue weighted by Crippen LogP contribution is -2.47. The molecule has 1 atom stereocenters. The third kappa shape index (κ3) is 8.17. The highest BCUT2D eigenvalue weighted by Gasteiger charge is 2.24. The van der Waals surface area contributed by atoms with Gasteiger partial charge in [0.05, 0.1) is 0 Å². The molecule has 0 aliphatic carbocycles. The molecule has 0 aromatic heterocycles. The lowest BCUT2D eigenvalue weighted by molar-refractivity contribution is -0.117. The van der Waals surface area contributed by atoms with Crippen molar-refractivity contribution in [1.82, 2.24) is 5.32 Å². The number of rotatable bonds is 7. The molecule has 6 heteroatoms. The molecule has 2 aromatic carbocycles. The minimum absolute atomic E-state index is 0.271. The summed E-state index contributed by atoms with van der Waals surface area (Å²) in [5.41, 5.74) is 1.23. The van der Waals surface area contributed by atoms with Crippen LogP contribution in [-0.2, 0) is 15.3 Å². The summed E-state index contributed by atoms with van der Waals surface area (Å²) >= 11 is 1.58. The van der Waals surface area contributed by atoms with Crippen molar-refractivity contribution >= 4 is 29.4 Å². The number of thioether (sulfide) groups is 1. The van der Waals surface area contributed by atoms with Gasteiger partial charge in [0.15, 0.2) is 0 Å². The highest BCUT2D eigenvalue weighted by Crippen LogP contribution is 2.15. The zero-order valence-corrected chi connectivity index (χ0v) is 16.7. The quantitative estimate of drug-likeness (QED) is 0.738. The third-order valence-electron chi connectivity index (χ3n) is 3.44. The number of para-hydroxylation sites is 1. The summed E-state index contributed by atoms with van der Waals surface area (Å²) in [7, 11) is 0. The van der Waals surface area contributed by atoms with Gasteiger partial charge in [0.1, 0.15) is 11.6 Å². The minimum atomic E-state index is -0.700. The largest absolute Gasteiger partial charge is 0.444 e. The van der Waals surface area contributed by atoms with Crippen LogP contribution in [0.25, 0.3) is 0 Å². The second kappa shape index (κ2) is 10.0. The molecule has 0 saturated carbocycles. The van der Waals surface area contributed by atoms with Crippen LogP contribution in [0.15, 0.2) is 60.7 Å². The summed E-state index contributed by atoms with van der Waals surface area (Å²) in [6, 6.07) is 18.5. The van der Waals surface area contributed by atoms with Crippen LogP contribution in [0.2, 0.25) is 0 Å². The molecule has 5 nitrogen and oxygen atoms in total. The fraction of sp³-hybridized carbons (Fsp3) is 0.333. The van der Waals surface area contributed by atoms with Crippen LogP contribution in [0.1, 0.15) is 26.3 Å². The maximum Gasteiger partial charge on any atom is 0.408 e. The highest BCUT2D eigenvalue weighted by molar-refractivity contribution is 7.98. The van der Waals surface area contributed by atoms with Crippen molar-refractivity contribution in [2.75, 3.05) is 11.1 Å². The van der Waals surface area contributed by atoms with Gasteiger partial charge in [0.2, 0.25) is 5.91 Å². The predicted octanol–water partition coefficient (Wildman–Crippen LogP) is 4.45.